The largest absolute Gasteiger partial charge is 0.389 e. The van der Waals surface area contributed by atoms with Gasteiger partial charge in [-0.1, -0.05) is 62.6 Å². The van der Waals surface area contributed by atoms with E-state index in [-0.39, 0.29) is 0 Å². The molecule has 2 aromatic carbocycles. The minimum Gasteiger partial charge on any atom is -0.389 e. The SMILES string of the molecule is C=C(/C=C/c1cccc(C(=C)N/N=C/c2ccc(CC)c(C)c2)c1)NC. The predicted octanol–water partition coefficient (Wildman–Crippen LogP) is 4.90. The van der Waals surface area contributed by atoms with Gasteiger partial charge in [-0.05, 0) is 53.3 Å². The second kappa shape index (κ2) is 9.42. The zero-order chi connectivity index (χ0) is 18.9. The summed E-state index contributed by atoms with van der Waals surface area (Å²) < 4.78 is 0. The summed E-state index contributed by atoms with van der Waals surface area (Å²) in [5.41, 5.74) is 10.4. The van der Waals surface area contributed by atoms with Gasteiger partial charge in [0, 0.05) is 12.7 Å². The van der Waals surface area contributed by atoms with Crippen LogP contribution in [0.25, 0.3) is 11.8 Å². The summed E-state index contributed by atoms with van der Waals surface area (Å²) in [6.45, 7) is 12.3. The summed E-state index contributed by atoms with van der Waals surface area (Å²) >= 11 is 0. The molecule has 2 N–H and O–H groups in total. The molecular formula is C23H27N3. The van der Waals surface area contributed by atoms with Crippen molar-refractivity contribution in [2.75, 3.05) is 7.05 Å². The molecule has 0 saturated heterocycles. The van der Waals surface area contributed by atoms with Crippen LogP contribution in [0.5, 0.6) is 0 Å². The molecule has 134 valence electrons. The fraction of sp³-hybridized carbons (Fsp3) is 0.174. The van der Waals surface area contributed by atoms with E-state index in [1.807, 2.05) is 43.6 Å². The van der Waals surface area contributed by atoms with E-state index in [0.717, 1.165) is 34.5 Å². The van der Waals surface area contributed by atoms with E-state index >= 15 is 0 Å². The number of nitrogens with one attached hydrogen (secondary N) is 2. The van der Waals surface area contributed by atoms with E-state index in [9.17, 15) is 0 Å². The molecule has 2 rings (SSSR count). The average Bonchev–Trinajstić information content (AvgIpc) is 2.66. The highest BCUT2D eigenvalue weighted by atomic mass is 15.3. The van der Waals surface area contributed by atoms with Crippen LogP contribution in [0.3, 0.4) is 0 Å². The van der Waals surface area contributed by atoms with Crippen LogP contribution >= 0.6 is 0 Å². The minimum atomic E-state index is 0.755. The first kappa shape index (κ1) is 19.3. The summed E-state index contributed by atoms with van der Waals surface area (Å²) in [5, 5.41) is 7.31. The van der Waals surface area contributed by atoms with Crippen molar-refractivity contribution >= 4 is 18.0 Å². The lowest BCUT2D eigenvalue weighted by Crippen LogP contribution is -2.04. The van der Waals surface area contributed by atoms with Crippen LogP contribution < -0.4 is 10.7 Å². The highest BCUT2D eigenvalue weighted by Gasteiger charge is 1.99. The zero-order valence-corrected chi connectivity index (χ0v) is 15.8. The first-order valence-corrected chi connectivity index (χ1v) is 8.76. The fourth-order valence-corrected chi connectivity index (χ4v) is 2.56. The number of hydrogen-bond acceptors (Lipinski definition) is 3. The van der Waals surface area contributed by atoms with Gasteiger partial charge in [-0.3, -0.25) is 5.43 Å². The number of hydrazone groups is 1. The van der Waals surface area contributed by atoms with Gasteiger partial charge >= 0.3 is 0 Å². The molecule has 2 aromatic rings. The van der Waals surface area contributed by atoms with Gasteiger partial charge in [-0.25, -0.2) is 0 Å². The Labute approximate surface area is 156 Å². The van der Waals surface area contributed by atoms with Crippen LogP contribution in [0.1, 0.15) is 34.7 Å². The Balaban J connectivity index is 2.02. The maximum Gasteiger partial charge on any atom is 0.0562 e. The van der Waals surface area contributed by atoms with Crippen molar-refractivity contribution in [2.24, 2.45) is 5.10 Å². The van der Waals surface area contributed by atoms with Gasteiger partial charge in [0.05, 0.1) is 11.9 Å². The second-order valence-corrected chi connectivity index (χ2v) is 6.12. The molecular weight excluding hydrogens is 318 g/mol. The van der Waals surface area contributed by atoms with E-state index in [1.165, 1.54) is 11.1 Å². The summed E-state index contributed by atoms with van der Waals surface area (Å²) in [6.07, 6.45) is 6.82. The van der Waals surface area contributed by atoms with E-state index in [2.05, 4.69) is 67.1 Å². The first-order valence-electron chi connectivity index (χ1n) is 8.76. The molecule has 0 aliphatic heterocycles. The average molecular weight is 345 g/mol. The van der Waals surface area contributed by atoms with Crippen molar-refractivity contribution in [3.63, 3.8) is 0 Å². The summed E-state index contributed by atoms with van der Waals surface area (Å²) in [4.78, 5) is 0. The Bertz CT molecular complexity index is 844. The van der Waals surface area contributed by atoms with E-state index in [1.54, 1.807) is 0 Å². The molecule has 3 heteroatoms. The molecule has 0 radical (unpaired) electrons. The minimum absolute atomic E-state index is 0.755. The van der Waals surface area contributed by atoms with Gasteiger partial charge in [0.25, 0.3) is 0 Å². The second-order valence-electron chi connectivity index (χ2n) is 6.12. The fourth-order valence-electron chi connectivity index (χ4n) is 2.56. The lowest BCUT2D eigenvalue weighted by molar-refractivity contribution is 1.00. The van der Waals surface area contributed by atoms with Crippen molar-refractivity contribution < 1.29 is 0 Å². The molecule has 0 atom stereocenters. The molecule has 0 bridgehead atoms. The van der Waals surface area contributed by atoms with Crippen LogP contribution in [-0.2, 0) is 6.42 Å². The van der Waals surface area contributed by atoms with Crippen LogP contribution in [-0.4, -0.2) is 13.3 Å². The highest BCUT2D eigenvalue weighted by molar-refractivity contribution is 5.80. The molecule has 0 aliphatic carbocycles. The number of allylic oxidation sites excluding steroid dienone is 1. The molecule has 0 amide bonds. The monoisotopic (exact) mass is 345 g/mol. The molecule has 0 aliphatic rings. The van der Waals surface area contributed by atoms with Gasteiger partial charge in [0.1, 0.15) is 0 Å². The quantitative estimate of drug-likeness (QED) is 0.406. The number of rotatable bonds is 8. The first-order chi connectivity index (χ1) is 12.5. The molecule has 0 aromatic heterocycles. The van der Waals surface area contributed by atoms with Crippen molar-refractivity contribution in [3.05, 3.63) is 95.2 Å². The maximum atomic E-state index is 4.31. The third kappa shape index (κ3) is 5.49. The summed E-state index contributed by atoms with van der Waals surface area (Å²) in [6, 6.07) is 14.5. The Morgan fingerprint density at radius 1 is 1.12 bits per heavy atom. The molecule has 26 heavy (non-hydrogen) atoms. The Morgan fingerprint density at radius 2 is 1.92 bits per heavy atom. The Hall–Kier alpha value is -3.07. The highest BCUT2D eigenvalue weighted by Crippen LogP contribution is 2.14. The third-order valence-electron chi connectivity index (χ3n) is 4.19. The summed E-state index contributed by atoms with van der Waals surface area (Å²) in [7, 11) is 1.85. The number of likely N-dealkylation sites (N-methyl/N-ethyl adjacent to an activating group) is 1. The standard InChI is InChI=1S/C23H27N3/c1-6-22-13-12-21(14-17(22)2)16-25-26-19(4)23-9-7-8-20(15-23)11-10-18(3)24-5/h7-16,24,26H,3-4,6H2,1-2,5H3/b11-10+,25-16+. The Kier molecular flexibility index (Phi) is 6.98. The lowest BCUT2D eigenvalue weighted by atomic mass is 10.0. The molecule has 0 spiro atoms. The van der Waals surface area contributed by atoms with E-state index in [4.69, 9.17) is 0 Å². The van der Waals surface area contributed by atoms with E-state index < -0.39 is 0 Å². The molecule has 0 unspecified atom stereocenters. The van der Waals surface area contributed by atoms with Gasteiger partial charge in [-0.15, -0.1) is 0 Å². The molecule has 0 fully saturated rings. The lowest BCUT2D eigenvalue weighted by Gasteiger charge is -2.07. The summed E-state index contributed by atoms with van der Waals surface area (Å²) in [5.74, 6) is 0. The van der Waals surface area contributed by atoms with Crippen LogP contribution in [0.2, 0.25) is 0 Å². The smallest absolute Gasteiger partial charge is 0.0562 e. The Morgan fingerprint density at radius 3 is 2.62 bits per heavy atom. The predicted molar refractivity (Wildman–Crippen MR) is 114 cm³/mol. The van der Waals surface area contributed by atoms with Crippen molar-refractivity contribution in [1.82, 2.24) is 10.7 Å². The van der Waals surface area contributed by atoms with Gasteiger partial charge in [-0.2, -0.15) is 5.10 Å². The number of aryl methyl sites for hydroxylation is 2. The number of nitrogens with zero attached hydrogens (tertiary/aromatic N) is 1. The van der Waals surface area contributed by atoms with E-state index in [0.29, 0.717) is 0 Å². The zero-order valence-electron chi connectivity index (χ0n) is 15.8. The third-order valence-corrected chi connectivity index (χ3v) is 4.19. The number of benzene rings is 2. The van der Waals surface area contributed by atoms with Crippen molar-refractivity contribution in [2.45, 2.75) is 20.3 Å². The topological polar surface area (TPSA) is 36.4 Å². The molecule has 0 saturated carbocycles. The molecule has 3 nitrogen and oxygen atoms in total. The van der Waals surface area contributed by atoms with Crippen LogP contribution in [0.4, 0.5) is 0 Å². The maximum absolute atomic E-state index is 4.31. The van der Waals surface area contributed by atoms with Crippen LogP contribution in [0, 0.1) is 6.92 Å². The van der Waals surface area contributed by atoms with Gasteiger partial charge in [0.15, 0.2) is 0 Å². The van der Waals surface area contributed by atoms with Gasteiger partial charge < -0.3 is 5.32 Å². The molecule has 0 heterocycles. The number of hydrogen-bond donors (Lipinski definition) is 2. The van der Waals surface area contributed by atoms with Crippen molar-refractivity contribution in [1.29, 1.82) is 0 Å². The van der Waals surface area contributed by atoms with Gasteiger partial charge in [0.2, 0.25) is 0 Å². The van der Waals surface area contributed by atoms with Crippen LogP contribution in [0.15, 0.2) is 72.5 Å². The normalized spacial score (nSPS) is 11.0. The van der Waals surface area contributed by atoms with Crippen molar-refractivity contribution in [3.8, 4) is 0 Å².